The highest BCUT2D eigenvalue weighted by molar-refractivity contribution is 9.10. The molecule has 0 bridgehead atoms. The Hall–Kier alpha value is -1.68. The SMILES string of the molecule is CC(C)(C)OC(=O)NCC1CCN(CCOc2cc(OC(F)(F)F)ccc2Br)CC1. The first-order valence-electron chi connectivity index (χ1n) is 9.78. The summed E-state index contributed by atoms with van der Waals surface area (Å²) in [6.45, 7) is 8.78. The van der Waals surface area contributed by atoms with Gasteiger partial charge in [-0.05, 0) is 80.7 Å². The average Bonchev–Trinajstić information content (AvgIpc) is 2.61. The van der Waals surface area contributed by atoms with E-state index in [0.29, 0.717) is 35.8 Å². The van der Waals surface area contributed by atoms with Crippen molar-refractivity contribution < 1.29 is 32.2 Å². The highest BCUT2D eigenvalue weighted by Gasteiger charge is 2.31. The van der Waals surface area contributed by atoms with Gasteiger partial charge >= 0.3 is 12.5 Å². The molecule has 1 N–H and O–H groups in total. The topological polar surface area (TPSA) is 60.0 Å². The molecule has 0 saturated carbocycles. The number of nitrogens with zero attached hydrogens (tertiary/aromatic N) is 1. The lowest BCUT2D eigenvalue weighted by Gasteiger charge is -2.32. The Balaban J connectivity index is 1.69. The highest BCUT2D eigenvalue weighted by atomic mass is 79.9. The van der Waals surface area contributed by atoms with Crippen LogP contribution in [0.3, 0.4) is 0 Å². The molecule has 0 radical (unpaired) electrons. The predicted octanol–water partition coefficient (Wildman–Crippen LogP) is 4.96. The standard InChI is InChI=1S/C20H28BrF3N2O4/c1-19(2,3)30-18(27)25-13-14-6-8-26(9-7-14)10-11-28-17-12-15(4-5-16(17)21)29-20(22,23)24/h4-5,12,14H,6-11,13H2,1-3H3,(H,25,27). The maximum Gasteiger partial charge on any atom is 0.573 e. The van der Waals surface area contributed by atoms with Gasteiger partial charge in [-0.15, -0.1) is 13.2 Å². The molecule has 6 nitrogen and oxygen atoms in total. The van der Waals surface area contributed by atoms with Crippen LogP contribution >= 0.6 is 15.9 Å². The number of carbonyl (C=O) groups excluding carboxylic acids is 1. The van der Waals surface area contributed by atoms with Crippen LogP contribution in [-0.2, 0) is 4.74 Å². The summed E-state index contributed by atoms with van der Waals surface area (Å²) in [5.41, 5.74) is -0.513. The lowest BCUT2D eigenvalue weighted by atomic mass is 9.97. The van der Waals surface area contributed by atoms with E-state index < -0.39 is 18.1 Å². The molecular formula is C20H28BrF3N2O4. The molecule has 1 saturated heterocycles. The van der Waals surface area contributed by atoms with Crippen molar-refractivity contribution in [2.24, 2.45) is 5.92 Å². The van der Waals surface area contributed by atoms with E-state index in [2.05, 4.69) is 30.9 Å². The van der Waals surface area contributed by atoms with Gasteiger partial charge in [0.2, 0.25) is 0 Å². The molecule has 1 aliphatic heterocycles. The van der Waals surface area contributed by atoms with E-state index in [1.54, 1.807) is 0 Å². The Morgan fingerprint density at radius 1 is 1.23 bits per heavy atom. The maximum atomic E-state index is 12.4. The first-order valence-corrected chi connectivity index (χ1v) is 10.6. The molecule has 1 heterocycles. The van der Waals surface area contributed by atoms with Crippen LogP contribution in [0.25, 0.3) is 0 Å². The van der Waals surface area contributed by atoms with Gasteiger partial charge in [0.25, 0.3) is 0 Å². The van der Waals surface area contributed by atoms with E-state index in [1.165, 1.54) is 18.2 Å². The van der Waals surface area contributed by atoms with Crippen molar-refractivity contribution in [2.75, 3.05) is 32.8 Å². The van der Waals surface area contributed by atoms with E-state index in [9.17, 15) is 18.0 Å². The second kappa shape index (κ2) is 10.6. The second-order valence-electron chi connectivity index (χ2n) is 8.16. The van der Waals surface area contributed by atoms with E-state index in [0.717, 1.165) is 25.9 Å². The fourth-order valence-electron chi connectivity index (χ4n) is 3.03. The number of alkyl halides is 3. The maximum absolute atomic E-state index is 12.4. The summed E-state index contributed by atoms with van der Waals surface area (Å²) < 4.78 is 52.4. The fraction of sp³-hybridized carbons (Fsp3) is 0.650. The normalized spacial score (nSPS) is 16.2. The first kappa shape index (κ1) is 24.6. The zero-order valence-electron chi connectivity index (χ0n) is 17.4. The molecular weight excluding hydrogens is 469 g/mol. The highest BCUT2D eigenvalue weighted by Crippen LogP contribution is 2.32. The van der Waals surface area contributed by atoms with Gasteiger partial charge < -0.3 is 19.5 Å². The Labute approximate surface area is 183 Å². The molecule has 1 aromatic rings. The van der Waals surface area contributed by atoms with Crippen LogP contribution in [0.1, 0.15) is 33.6 Å². The van der Waals surface area contributed by atoms with Crippen LogP contribution in [0.15, 0.2) is 22.7 Å². The molecule has 0 aliphatic carbocycles. The summed E-state index contributed by atoms with van der Waals surface area (Å²) in [5.74, 6) is 0.368. The lowest BCUT2D eigenvalue weighted by Crippen LogP contribution is -2.41. The number of nitrogens with one attached hydrogen (secondary N) is 1. The second-order valence-corrected chi connectivity index (χ2v) is 9.01. The van der Waals surface area contributed by atoms with Crippen molar-refractivity contribution in [3.05, 3.63) is 22.7 Å². The molecule has 0 aromatic heterocycles. The molecule has 2 rings (SSSR count). The van der Waals surface area contributed by atoms with E-state index >= 15 is 0 Å². The lowest BCUT2D eigenvalue weighted by molar-refractivity contribution is -0.274. The zero-order chi connectivity index (χ0) is 22.4. The van der Waals surface area contributed by atoms with E-state index in [1.807, 2.05) is 20.8 Å². The van der Waals surface area contributed by atoms with Crippen molar-refractivity contribution >= 4 is 22.0 Å². The van der Waals surface area contributed by atoms with Gasteiger partial charge in [0.05, 0.1) is 4.47 Å². The van der Waals surface area contributed by atoms with Gasteiger partial charge in [0.15, 0.2) is 0 Å². The molecule has 1 fully saturated rings. The number of alkyl carbamates (subject to hydrolysis) is 1. The Kier molecular flexibility index (Phi) is 8.66. The van der Waals surface area contributed by atoms with Crippen LogP contribution in [0.5, 0.6) is 11.5 Å². The van der Waals surface area contributed by atoms with Crippen molar-refractivity contribution in [3.63, 3.8) is 0 Å². The number of halogens is 4. The van der Waals surface area contributed by atoms with Gasteiger partial charge in [-0.25, -0.2) is 4.79 Å². The number of rotatable bonds is 7. The van der Waals surface area contributed by atoms with Crippen LogP contribution in [0, 0.1) is 5.92 Å². The number of hydrogen-bond donors (Lipinski definition) is 1. The minimum Gasteiger partial charge on any atom is -0.491 e. The molecule has 1 aromatic carbocycles. The summed E-state index contributed by atoms with van der Waals surface area (Å²) in [5, 5.41) is 2.81. The van der Waals surface area contributed by atoms with Crippen molar-refractivity contribution in [1.82, 2.24) is 10.2 Å². The van der Waals surface area contributed by atoms with Gasteiger partial charge in [0, 0.05) is 19.2 Å². The van der Waals surface area contributed by atoms with Crippen LogP contribution in [0.4, 0.5) is 18.0 Å². The third-order valence-corrected chi connectivity index (χ3v) is 5.10. The molecule has 10 heteroatoms. The third-order valence-electron chi connectivity index (χ3n) is 4.44. The first-order chi connectivity index (χ1) is 13.9. The number of benzene rings is 1. The molecule has 0 atom stereocenters. The van der Waals surface area contributed by atoms with Crippen molar-refractivity contribution in [1.29, 1.82) is 0 Å². The number of hydrogen-bond acceptors (Lipinski definition) is 5. The van der Waals surface area contributed by atoms with Crippen molar-refractivity contribution in [2.45, 2.75) is 45.6 Å². The summed E-state index contributed by atoms with van der Waals surface area (Å²) in [6, 6.07) is 3.90. The Morgan fingerprint density at radius 2 is 1.90 bits per heavy atom. The van der Waals surface area contributed by atoms with Crippen molar-refractivity contribution in [3.8, 4) is 11.5 Å². The molecule has 1 aliphatic rings. The number of ether oxygens (including phenoxy) is 3. The van der Waals surface area contributed by atoms with Crippen LogP contribution in [0.2, 0.25) is 0 Å². The largest absolute Gasteiger partial charge is 0.573 e. The average molecular weight is 497 g/mol. The molecule has 170 valence electrons. The number of carbonyl (C=O) groups is 1. The molecule has 0 spiro atoms. The Morgan fingerprint density at radius 3 is 2.50 bits per heavy atom. The van der Waals surface area contributed by atoms with E-state index in [4.69, 9.17) is 9.47 Å². The van der Waals surface area contributed by atoms with Gasteiger partial charge in [-0.1, -0.05) is 0 Å². The molecule has 30 heavy (non-hydrogen) atoms. The van der Waals surface area contributed by atoms with E-state index in [-0.39, 0.29) is 5.75 Å². The zero-order valence-corrected chi connectivity index (χ0v) is 18.9. The number of piperidine rings is 1. The van der Waals surface area contributed by atoms with Crippen LogP contribution in [-0.4, -0.2) is 55.7 Å². The summed E-state index contributed by atoms with van der Waals surface area (Å²) in [7, 11) is 0. The quantitative estimate of drug-likeness (QED) is 0.577. The van der Waals surface area contributed by atoms with Gasteiger partial charge in [-0.3, -0.25) is 4.90 Å². The summed E-state index contributed by atoms with van der Waals surface area (Å²) in [4.78, 5) is 14.0. The summed E-state index contributed by atoms with van der Waals surface area (Å²) in [6.07, 6.45) is -3.27. The third kappa shape index (κ3) is 9.42. The smallest absolute Gasteiger partial charge is 0.491 e. The summed E-state index contributed by atoms with van der Waals surface area (Å²) >= 11 is 3.27. The number of amides is 1. The minimum absolute atomic E-state index is 0.299. The Bertz CT molecular complexity index is 702. The van der Waals surface area contributed by atoms with Crippen LogP contribution < -0.4 is 14.8 Å². The van der Waals surface area contributed by atoms with Gasteiger partial charge in [0.1, 0.15) is 23.7 Å². The number of likely N-dealkylation sites (tertiary alicyclic amines) is 1. The molecule has 1 amide bonds. The molecule has 0 unspecified atom stereocenters. The van der Waals surface area contributed by atoms with Gasteiger partial charge in [-0.2, -0.15) is 0 Å². The monoisotopic (exact) mass is 496 g/mol. The minimum atomic E-state index is -4.74. The fourth-order valence-corrected chi connectivity index (χ4v) is 3.39. The predicted molar refractivity (Wildman–Crippen MR) is 110 cm³/mol.